The highest BCUT2D eigenvalue weighted by Crippen LogP contribution is 2.47. The van der Waals surface area contributed by atoms with Crippen LogP contribution in [0.3, 0.4) is 0 Å². The van der Waals surface area contributed by atoms with Crippen molar-refractivity contribution >= 4 is 18.3 Å². The minimum Gasteiger partial charge on any atom is -0.493 e. The number of hydrogen-bond acceptors (Lipinski definition) is 5. The van der Waals surface area contributed by atoms with E-state index in [-0.39, 0.29) is 24.4 Å². The number of piperidine rings is 1. The number of hydroxylamine groups is 1. The molecule has 1 aromatic carbocycles. The lowest BCUT2D eigenvalue weighted by molar-refractivity contribution is -0.137. The summed E-state index contributed by atoms with van der Waals surface area (Å²) >= 11 is 0. The number of likely N-dealkylation sites (tertiary alicyclic amines) is 1. The van der Waals surface area contributed by atoms with Crippen LogP contribution in [0.2, 0.25) is 0 Å². The summed E-state index contributed by atoms with van der Waals surface area (Å²) in [6.07, 6.45) is 7.53. The predicted molar refractivity (Wildman–Crippen MR) is 114 cm³/mol. The Morgan fingerprint density at radius 3 is 2.40 bits per heavy atom. The SMILES string of the molecule is Cl.[C-]#[N+]C1(c2ccc(OC)c(OC3CCCC3)c2)CCN(C2(C(=O)NO)CC2)CC1. The number of halogens is 1. The van der Waals surface area contributed by atoms with E-state index in [9.17, 15) is 4.79 Å². The third-order valence-corrected chi connectivity index (χ3v) is 6.95. The monoisotopic (exact) mass is 435 g/mol. The molecule has 3 fully saturated rings. The van der Waals surface area contributed by atoms with Crippen LogP contribution in [0, 0.1) is 6.57 Å². The smallest absolute Gasteiger partial charge is 0.263 e. The van der Waals surface area contributed by atoms with Crippen molar-refractivity contribution in [3.63, 3.8) is 0 Å². The zero-order chi connectivity index (χ0) is 20.5. The van der Waals surface area contributed by atoms with Gasteiger partial charge < -0.3 is 14.3 Å². The Bertz CT molecular complexity index is 807. The molecule has 2 aliphatic carbocycles. The third-order valence-electron chi connectivity index (χ3n) is 6.95. The molecule has 0 radical (unpaired) electrons. The number of carbonyl (C=O) groups excluding carboxylic acids is 1. The molecule has 0 aromatic heterocycles. The van der Waals surface area contributed by atoms with E-state index < -0.39 is 11.1 Å². The Labute approximate surface area is 183 Å². The molecule has 1 aliphatic heterocycles. The van der Waals surface area contributed by atoms with Gasteiger partial charge in [0.2, 0.25) is 0 Å². The van der Waals surface area contributed by atoms with Gasteiger partial charge >= 0.3 is 0 Å². The van der Waals surface area contributed by atoms with Gasteiger partial charge in [-0.1, -0.05) is 0 Å². The summed E-state index contributed by atoms with van der Waals surface area (Å²) in [5.41, 5.74) is 1.56. The van der Waals surface area contributed by atoms with Gasteiger partial charge in [0.15, 0.2) is 11.5 Å². The topological polar surface area (TPSA) is 75.4 Å². The van der Waals surface area contributed by atoms with E-state index in [0.717, 1.165) is 37.0 Å². The molecule has 1 heterocycles. The minimum absolute atomic E-state index is 0. The quantitative estimate of drug-likeness (QED) is 0.405. The molecule has 0 atom stereocenters. The second-order valence-corrected chi connectivity index (χ2v) is 8.49. The van der Waals surface area contributed by atoms with E-state index in [0.29, 0.717) is 31.7 Å². The highest BCUT2D eigenvalue weighted by atomic mass is 35.5. The summed E-state index contributed by atoms with van der Waals surface area (Å²) in [5, 5.41) is 9.06. The number of nitrogens with one attached hydrogen (secondary N) is 1. The fraction of sp³-hybridized carbons (Fsp3) is 0.636. The molecule has 3 aliphatic rings. The first-order valence-corrected chi connectivity index (χ1v) is 10.5. The van der Waals surface area contributed by atoms with Gasteiger partial charge in [-0.15, -0.1) is 12.4 Å². The lowest BCUT2D eigenvalue weighted by atomic mass is 9.81. The molecular weight excluding hydrogens is 406 g/mol. The second kappa shape index (κ2) is 9.01. The van der Waals surface area contributed by atoms with Crippen LogP contribution in [-0.2, 0) is 10.3 Å². The van der Waals surface area contributed by atoms with Crippen molar-refractivity contribution in [2.45, 2.75) is 68.5 Å². The highest BCUT2D eigenvalue weighted by molar-refractivity contribution is 5.88. The fourth-order valence-corrected chi connectivity index (χ4v) is 4.92. The number of amides is 1. The Hall–Kier alpha value is -2.01. The van der Waals surface area contributed by atoms with Crippen molar-refractivity contribution in [3.05, 3.63) is 35.2 Å². The van der Waals surface area contributed by atoms with Crippen molar-refractivity contribution in [2.75, 3.05) is 20.2 Å². The molecule has 2 N–H and O–H groups in total. The maximum absolute atomic E-state index is 12.1. The van der Waals surface area contributed by atoms with Crippen molar-refractivity contribution < 1.29 is 19.5 Å². The maximum atomic E-state index is 12.1. The van der Waals surface area contributed by atoms with Gasteiger partial charge in [-0.2, -0.15) is 0 Å². The van der Waals surface area contributed by atoms with E-state index in [2.05, 4.69) is 9.74 Å². The first-order valence-electron chi connectivity index (χ1n) is 10.5. The molecule has 2 saturated carbocycles. The summed E-state index contributed by atoms with van der Waals surface area (Å²) < 4.78 is 11.7. The normalized spacial score (nSPS) is 22.4. The van der Waals surface area contributed by atoms with Crippen LogP contribution in [0.15, 0.2) is 18.2 Å². The first-order chi connectivity index (χ1) is 14.1. The zero-order valence-corrected chi connectivity index (χ0v) is 18.2. The molecule has 4 rings (SSSR count). The lowest BCUT2D eigenvalue weighted by Crippen LogP contribution is -2.53. The van der Waals surface area contributed by atoms with E-state index in [1.54, 1.807) is 7.11 Å². The van der Waals surface area contributed by atoms with Gasteiger partial charge in [0, 0.05) is 31.5 Å². The summed E-state index contributed by atoms with van der Waals surface area (Å²) in [5.74, 6) is 1.10. The molecular formula is C22H30ClN3O4. The lowest BCUT2D eigenvalue weighted by Gasteiger charge is -2.38. The van der Waals surface area contributed by atoms with Crippen LogP contribution >= 0.6 is 12.4 Å². The van der Waals surface area contributed by atoms with Gasteiger partial charge in [-0.05, 0) is 56.7 Å². The van der Waals surface area contributed by atoms with Gasteiger partial charge in [-0.3, -0.25) is 14.9 Å². The number of carbonyl (C=O) groups is 1. The van der Waals surface area contributed by atoms with Crippen LogP contribution in [-0.4, -0.2) is 47.9 Å². The molecule has 1 saturated heterocycles. The van der Waals surface area contributed by atoms with Crippen molar-refractivity contribution in [3.8, 4) is 11.5 Å². The molecule has 30 heavy (non-hydrogen) atoms. The second-order valence-electron chi connectivity index (χ2n) is 8.49. The number of hydrogen-bond donors (Lipinski definition) is 2. The van der Waals surface area contributed by atoms with Crippen LogP contribution in [0.1, 0.15) is 56.9 Å². The third kappa shape index (κ3) is 3.96. The molecule has 0 bridgehead atoms. The van der Waals surface area contributed by atoms with Crippen LogP contribution < -0.4 is 15.0 Å². The number of ether oxygens (including phenoxy) is 2. The Morgan fingerprint density at radius 2 is 1.87 bits per heavy atom. The number of benzene rings is 1. The predicted octanol–water partition coefficient (Wildman–Crippen LogP) is 3.69. The van der Waals surface area contributed by atoms with Gasteiger partial charge in [0.05, 0.1) is 13.2 Å². The summed E-state index contributed by atoms with van der Waals surface area (Å²) in [4.78, 5) is 18.3. The van der Waals surface area contributed by atoms with Crippen LogP contribution in [0.4, 0.5) is 0 Å². The molecule has 0 spiro atoms. The fourth-order valence-electron chi connectivity index (χ4n) is 4.92. The number of nitrogens with zero attached hydrogens (tertiary/aromatic N) is 2. The average molecular weight is 436 g/mol. The van der Waals surface area contributed by atoms with Gasteiger partial charge in [0.25, 0.3) is 11.4 Å². The number of methoxy groups -OCH3 is 1. The largest absolute Gasteiger partial charge is 0.493 e. The maximum Gasteiger partial charge on any atom is 0.263 e. The Morgan fingerprint density at radius 1 is 1.20 bits per heavy atom. The standard InChI is InChI=1S/C22H29N3O4.ClH/c1-23-21(11-13-25(14-12-21)22(9-10-22)20(26)24-27)16-7-8-18(28-2)19(15-16)29-17-5-3-4-6-17;/h7-8,15,17,27H,3-6,9-14H2,2H3,(H,24,26);1H. The molecule has 1 amide bonds. The average Bonchev–Trinajstić information content (AvgIpc) is 3.42. The molecule has 7 nitrogen and oxygen atoms in total. The van der Waals surface area contributed by atoms with Gasteiger partial charge in [0.1, 0.15) is 5.54 Å². The summed E-state index contributed by atoms with van der Waals surface area (Å²) in [7, 11) is 1.64. The molecule has 0 unspecified atom stereocenters. The first kappa shape index (κ1) is 22.7. The summed E-state index contributed by atoms with van der Waals surface area (Å²) in [6.45, 7) is 9.26. The van der Waals surface area contributed by atoms with E-state index in [4.69, 9.17) is 21.3 Å². The zero-order valence-electron chi connectivity index (χ0n) is 17.4. The molecule has 164 valence electrons. The Kier molecular flexibility index (Phi) is 6.81. The van der Waals surface area contributed by atoms with E-state index in [1.165, 1.54) is 12.8 Å². The minimum atomic E-state index is -0.623. The van der Waals surface area contributed by atoms with E-state index >= 15 is 0 Å². The Balaban J connectivity index is 0.00000256. The number of rotatable bonds is 6. The molecule has 8 heteroatoms. The summed E-state index contributed by atoms with van der Waals surface area (Å²) in [6, 6.07) is 5.86. The molecule has 1 aromatic rings. The highest BCUT2D eigenvalue weighted by Gasteiger charge is 2.57. The van der Waals surface area contributed by atoms with Crippen LogP contribution in [0.25, 0.3) is 4.85 Å². The van der Waals surface area contributed by atoms with Gasteiger partial charge in [-0.25, -0.2) is 12.1 Å². The van der Waals surface area contributed by atoms with Crippen molar-refractivity contribution in [2.24, 2.45) is 0 Å². The van der Waals surface area contributed by atoms with E-state index in [1.807, 2.05) is 23.7 Å². The van der Waals surface area contributed by atoms with Crippen molar-refractivity contribution in [1.82, 2.24) is 10.4 Å². The van der Waals surface area contributed by atoms with Crippen LogP contribution in [0.5, 0.6) is 11.5 Å². The van der Waals surface area contributed by atoms with Crippen molar-refractivity contribution in [1.29, 1.82) is 0 Å².